The molecule has 5 rings (SSSR count). The van der Waals surface area contributed by atoms with Crippen LogP contribution in [0.5, 0.6) is 0 Å². The second-order valence-corrected chi connectivity index (χ2v) is 24.5. The number of rotatable bonds is 18. The molecule has 3 heterocycles. The Morgan fingerprint density at radius 3 is 0.932 bits per heavy atom. The van der Waals surface area contributed by atoms with Gasteiger partial charge in [0.25, 0.3) is 36.5 Å². The fraction of sp³-hybridized carbons (Fsp3) is 0.545. The summed E-state index contributed by atoms with van der Waals surface area (Å²) in [5.74, 6) is -8.43. The zero-order valence-corrected chi connectivity index (χ0v) is 52.9. The van der Waals surface area contributed by atoms with E-state index in [1.165, 1.54) is 54.4 Å². The van der Waals surface area contributed by atoms with Crippen LogP contribution in [-0.2, 0) is 83.0 Å². The van der Waals surface area contributed by atoms with Gasteiger partial charge in [0.1, 0.15) is 35.6 Å². The van der Waals surface area contributed by atoms with Crippen molar-refractivity contribution in [3.05, 3.63) is 130 Å². The summed E-state index contributed by atoms with van der Waals surface area (Å²) in [6.07, 6.45) is -9.81. The first-order valence-electron chi connectivity index (χ1n) is 29.9. The summed E-state index contributed by atoms with van der Waals surface area (Å²) in [7, 11) is 5.30. The number of cyclic esters (lactones) is 4. The molecule has 0 spiro atoms. The molecule has 480 valence electrons. The number of ether oxygens (including phenoxy) is 4. The van der Waals surface area contributed by atoms with E-state index in [1.54, 1.807) is 128 Å². The zero-order chi connectivity index (χ0) is 65.4. The number of likely N-dealkylation sites (N-methyl/N-ethyl adjacent to an activating group) is 4. The zero-order valence-electron chi connectivity index (χ0n) is 52.9. The molecule has 18 nitrogen and oxygen atoms in total. The Bertz CT molecular complexity index is 2820. The van der Waals surface area contributed by atoms with Gasteiger partial charge in [-0.1, -0.05) is 116 Å². The Kier molecular flexibility index (Phi) is 26.2. The van der Waals surface area contributed by atoms with Crippen molar-refractivity contribution >= 4 is 47.5 Å². The van der Waals surface area contributed by atoms with Gasteiger partial charge in [-0.25, -0.2) is 36.7 Å². The fourth-order valence-corrected chi connectivity index (χ4v) is 10.5. The molecule has 1 saturated heterocycles. The molecular weight excluding hydrogens is 1140 g/mol. The van der Waals surface area contributed by atoms with Crippen LogP contribution in [0.1, 0.15) is 153 Å². The summed E-state index contributed by atoms with van der Waals surface area (Å²) < 4.78 is 79.5. The van der Waals surface area contributed by atoms with Gasteiger partial charge >= 0.3 is 23.9 Å². The van der Waals surface area contributed by atoms with Crippen LogP contribution in [0.2, 0.25) is 0 Å². The van der Waals surface area contributed by atoms with Gasteiger partial charge in [-0.2, -0.15) is 0 Å². The van der Waals surface area contributed by atoms with Gasteiger partial charge in [0, 0.05) is 53.4 Å². The fourth-order valence-electron chi connectivity index (χ4n) is 10.5. The van der Waals surface area contributed by atoms with Crippen molar-refractivity contribution in [3.63, 3.8) is 0 Å². The van der Waals surface area contributed by atoms with E-state index < -0.39 is 109 Å². The molecule has 8 atom stereocenters. The number of carbonyl (C=O) groups excluding carboxylic acids is 8. The summed E-state index contributed by atoms with van der Waals surface area (Å²) in [6, 6.07) is 14.0. The van der Waals surface area contributed by atoms with Crippen LogP contribution in [0.15, 0.2) is 85.2 Å². The Hall–Kier alpha value is -7.78. The second kappa shape index (κ2) is 32.4. The Balaban J connectivity index is 1.59. The molecule has 0 bridgehead atoms. The van der Waals surface area contributed by atoms with Crippen LogP contribution < -0.4 is 0 Å². The molecule has 1 aliphatic heterocycles. The molecule has 88 heavy (non-hydrogen) atoms. The van der Waals surface area contributed by atoms with Crippen molar-refractivity contribution in [2.24, 2.45) is 23.7 Å². The quantitative estimate of drug-likeness (QED) is 0.0516. The monoisotopic (exact) mass is 1230 g/mol. The summed E-state index contributed by atoms with van der Waals surface area (Å²) in [5.41, 5.74) is 2.09. The van der Waals surface area contributed by atoms with Crippen LogP contribution in [0.25, 0.3) is 0 Å². The highest BCUT2D eigenvalue weighted by Crippen LogP contribution is 2.28. The van der Waals surface area contributed by atoms with Gasteiger partial charge in [-0.15, -0.1) is 0 Å². The third-order valence-electron chi connectivity index (χ3n) is 15.4. The minimum absolute atomic E-state index is 0.00299. The minimum atomic E-state index is -2.81. The lowest BCUT2D eigenvalue weighted by Crippen LogP contribution is -2.55. The number of benzene rings is 2. The first-order valence-corrected chi connectivity index (χ1v) is 29.9. The number of pyridine rings is 2. The van der Waals surface area contributed by atoms with Crippen LogP contribution in [0.4, 0.5) is 17.6 Å². The molecule has 22 heteroatoms. The first-order chi connectivity index (χ1) is 41.4. The highest BCUT2D eigenvalue weighted by Gasteiger charge is 2.43. The molecule has 0 aliphatic carbocycles. The number of amides is 4. The van der Waals surface area contributed by atoms with E-state index in [2.05, 4.69) is 9.97 Å². The molecule has 0 N–H and O–H groups in total. The van der Waals surface area contributed by atoms with Crippen LogP contribution in [-0.4, -0.2) is 154 Å². The first kappa shape index (κ1) is 71.0. The maximum atomic E-state index is 15.1. The van der Waals surface area contributed by atoms with Gasteiger partial charge < -0.3 is 38.5 Å². The average Bonchev–Trinajstić information content (AvgIpc) is 1.51. The maximum absolute atomic E-state index is 15.1. The normalized spacial score (nSPS) is 22.3. The number of hydrogen-bond acceptors (Lipinski definition) is 14. The van der Waals surface area contributed by atoms with Crippen molar-refractivity contribution in [2.75, 3.05) is 28.2 Å². The molecular formula is C66H86F4N6O12. The largest absolute Gasteiger partial charge is 0.451 e. The average molecular weight is 1230 g/mol. The van der Waals surface area contributed by atoms with E-state index in [0.717, 1.165) is 19.6 Å². The number of aromatic nitrogens is 2. The molecule has 4 amide bonds. The number of carbonyl (C=O) groups is 8. The van der Waals surface area contributed by atoms with Gasteiger partial charge in [0.05, 0.1) is 0 Å². The van der Waals surface area contributed by atoms with E-state index in [-0.39, 0.29) is 86.4 Å². The van der Waals surface area contributed by atoms with Crippen molar-refractivity contribution in [1.82, 2.24) is 29.6 Å². The summed E-state index contributed by atoms with van der Waals surface area (Å²) >= 11 is 0. The molecule has 1 aliphatic rings. The Morgan fingerprint density at radius 1 is 0.398 bits per heavy atom. The SMILES string of the molecule is CC(C)C[C@H]1C(=O)O[C@H](Cc2ccc(Cc3cccnc3C(F)F)cc2)C(=O)N(C)[C@@H](CC(C)C)C(=O)O[C@H](C)C(=O)N(C)[C@@H](CC(C)C)C(=O)O[C@H](Cc2ccc(Cc3cccnc3C(F)F)cc2)C(=O)N(C)[C@@H](CC(C)C)C(=O)O[C@H](C)C(=O)N1C. The van der Waals surface area contributed by atoms with Crippen LogP contribution in [0.3, 0.4) is 0 Å². The van der Waals surface area contributed by atoms with E-state index in [0.29, 0.717) is 33.4 Å². The van der Waals surface area contributed by atoms with Gasteiger partial charge in [-0.3, -0.25) is 29.1 Å². The van der Waals surface area contributed by atoms with Crippen molar-refractivity contribution in [3.8, 4) is 0 Å². The number of nitrogens with zero attached hydrogens (tertiary/aromatic N) is 6. The lowest BCUT2D eigenvalue weighted by Gasteiger charge is -2.35. The van der Waals surface area contributed by atoms with E-state index in [9.17, 15) is 46.3 Å². The Labute approximate surface area is 514 Å². The highest BCUT2D eigenvalue weighted by atomic mass is 19.3. The third-order valence-corrected chi connectivity index (χ3v) is 15.4. The smallest absolute Gasteiger partial charge is 0.329 e. The van der Waals surface area contributed by atoms with Gasteiger partial charge in [-0.05, 0) is 122 Å². The van der Waals surface area contributed by atoms with Crippen LogP contribution >= 0.6 is 0 Å². The highest BCUT2D eigenvalue weighted by molar-refractivity contribution is 5.94. The molecule has 2 aromatic carbocycles. The second-order valence-electron chi connectivity index (χ2n) is 24.5. The Morgan fingerprint density at radius 2 is 0.659 bits per heavy atom. The number of halogens is 4. The lowest BCUT2D eigenvalue weighted by atomic mass is 9.98. The third kappa shape index (κ3) is 19.6. The minimum Gasteiger partial charge on any atom is -0.451 e. The van der Waals surface area contributed by atoms with Crippen molar-refractivity contribution < 1.29 is 74.9 Å². The van der Waals surface area contributed by atoms with Gasteiger partial charge in [0.15, 0.2) is 24.4 Å². The topological polar surface area (TPSA) is 212 Å². The summed E-state index contributed by atoms with van der Waals surface area (Å²) in [4.78, 5) is 130. The molecule has 0 unspecified atom stereocenters. The summed E-state index contributed by atoms with van der Waals surface area (Å²) in [5, 5.41) is 0. The molecule has 0 saturated carbocycles. The molecule has 0 radical (unpaired) electrons. The number of hydrogen-bond donors (Lipinski definition) is 0. The lowest BCUT2D eigenvalue weighted by molar-refractivity contribution is -0.176. The number of alkyl halides is 4. The van der Waals surface area contributed by atoms with Crippen LogP contribution in [0, 0.1) is 23.7 Å². The maximum Gasteiger partial charge on any atom is 0.329 e. The van der Waals surface area contributed by atoms with Gasteiger partial charge in [0.2, 0.25) is 0 Å². The van der Waals surface area contributed by atoms with Crippen molar-refractivity contribution in [1.29, 1.82) is 0 Å². The van der Waals surface area contributed by atoms with Crippen molar-refractivity contribution in [2.45, 2.75) is 182 Å². The number of esters is 4. The van der Waals surface area contributed by atoms with E-state index >= 15 is 9.59 Å². The summed E-state index contributed by atoms with van der Waals surface area (Å²) in [6.45, 7) is 17.0. The molecule has 2 aromatic heterocycles. The van der Waals surface area contributed by atoms with E-state index in [1.807, 2.05) is 0 Å². The predicted molar refractivity (Wildman–Crippen MR) is 319 cm³/mol. The molecule has 4 aromatic rings. The molecule has 1 fully saturated rings. The van der Waals surface area contributed by atoms with E-state index in [4.69, 9.17) is 18.9 Å². The standard InChI is InChI=1S/C66H86F4N6O12/c1-37(2)29-49-63(81)85-41(9)59(77)73(11)52(32-40(7)8)66(84)88-54(36-46-25-21-44(22-26-46)34-48-18-16-28-72-56(48)58(69)70)62(80)76(14)50(30-38(3)4)64(82)86-42(10)60(78)74(12)51(31-39(5)6)65(83)87-53(61(79)75(49)13)35-45-23-19-43(20-24-45)33-47-17-15-27-71-55(47)57(67)68/h15-28,37-42,49-54,57-58H,29-36H2,1-14H3/t41-,42-,49+,50+,51+,52+,53-,54-/m1/s1. The predicted octanol–water partition coefficient (Wildman–Crippen LogP) is 9.51.